The maximum Gasteiger partial charge on any atom is 0.231 e. The first-order valence-electron chi connectivity index (χ1n) is 7.56. The summed E-state index contributed by atoms with van der Waals surface area (Å²) in [4.78, 5) is 4.56. The van der Waals surface area contributed by atoms with Gasteiger partial charge in [0.2, 0.25) is 5.89 Å². The van der Waals surface area contributed by atoms with E-state index in [9.17, 15) is 0 Å². The van der Waals surface area contributed by atoms with Crippen molar-refractivity contribution in [3.63, 3.8) is 0 Å². The summed E-state index contributed by atoms with van der Waals surface area (Å²) in [6.45, 7) is 3.27. The van der Waals surface area contributed by atoms with E-state index in [0.717, 1.165) is 30.8 Å². The molecular weight excluding hydrogens is 266 g/mol. The lowest BCUT2D eigenvalue weighted by Gasteiger charge is -2.22. The number of ether oxygens (including phenoxy) is 1. The fourth-order valence-corrected chi connectivity index (χ4v) is 2.76. The molecule has 1 aliphatic heterocycles. The molecular formula is C16H21N3O2. The Labute approximate surface area is 124 Å². The molecule has 2 N–H and O–H groups in total. The summed E-state index contributed by atoms with van der Waals surface area (Å²) >= 11 is 0. The van der Waals surface area contributed by atoms with E-state index in [2.05, 4.69) is 23.1 Å². The van der Waals surface area contributed by atoms with Gasteiger partial charge in [-0.1, -0.05) is 36.7 Å². The van der Waals surface area contributed by atoms with Crippen molar-refractivity contribution >= 4 is 0 Å². The van der Waals surface area contributed by atoms with Crippen molar-refractivity contribution in [3.8, 4) is 5.75 Å². The van der Waals surface area contributed by atoms with E-state index < -0.39 is 0 Å². The molecule has 0 aliphatic carbocycles. The SMILES string of the molecule is CCCC(CN)c1nc(C2COc3ccccc3C2)no1. The first-order valence-corrected chi connectivity index (χ1v) is 7.56. The highest BCUT2D eigenvalue weighted by Crippen LogP contribution is 2.31. The molecule has 0 bridgehead atoms. The fourth-order valence-electron chi connectivity index (χ4n) is 2.76. The Morgan fingerprint density at radius 1 is 1.38 bits per heavy atom. The van der Waals surface area contributed by atoms with E-state index in [4.69, 9.17) is 15.0 Å². The summed E-state index contributed by atoms with van der Waals surface area (Å²) in [5.74, 6) is 2.66. The molecule has 112 valence electrons. The van der Waals surface area contributed by atoms with Crippen molar-refractivity contribution in [1.82, 2.24) is 10.1 Å². The van der Waals surface area contributed by atoms with Crippen LogP contribution in [0.15, 0.2) is 28.8 Å². The fraction of sp³-hybridized carbons (Fsp3) is 0.500. The van der Waals surface area contributed by atoms with Gasteiger partial charge in [-0.05, 0) is 24.5 Å². The third kappa shape index (κ3) is 2.93. The quantitative estimate of drug-likeness (QED) is 0.915. The summed E-state index contributed by atoms with van der Waals surface area (Å²) in [7, 11) is 0. The minimum atomic E-state index is 0.150. The standard InChI is InChI=1S/C16H21N3O2/c1-2-5-12(9-17)16-18-15(19-21-16)13-8-11-6-3-4-7-14(11)20-10-13/h3-4,6-7,12-13H,2,5,8-10,17H2,1H3. The maximum absolute atomic E-state index is 5.79. The van der Waals surface area contributed by atoms with Crippen molar-refractivity contribution in [2.75, 3.05) is 13.2 Å². The van der Waals surface area contributed by atoms with E-state index in [1.54, 1.807) is 0 Å². The molecule has 1 aliphatic rings. The van der Waals surface area contributed by atoms with Crippen molar-refractivity contribution in [3.05, 3.63) is 41.5 Å². The molecule has 0 spiro atoms. The second-order valence-corrected chi connectivity index (χ2v) is 5.53. The summed E-state index contributed by atoms with van der Waals surface area (Å²) < 4.78 is 11.2. The van der Waals surface area contributed by atoms with Crippen LogP contribution in [0.5, 0.6) is 5.75 Å². The Kier molecular flexibility index (Phi) is 4.20. The molecule has 2 unspecified atom stereocenters. The zero-order valence-corrected chi connectivity index (χ0v) is 12.3. The lowest BCUT2D eigenvalue weighted by atomic mass is 9.96. The molecule has 1 aromatic heterocycles. The predicted molar refractivity (Wildman–Crippen MR) is 79.4 cm³/mol. The third-order valence-corrected chi connectivity index (χ3v) is 3.97. The highest BCUT2D eigenvalue weighted by atomic mass is 16.5. The first kappa shape index (κ1) is 14.1. The van der Waals surface area contributed by atoms with E-state index in [0.29, 0.717) is 19.0 Å². The Morgan fingerprint density at radius 3 is 3.05 bits per heavy atom. The zero-order valence-electron chi connectivity index (χ0n) is 12.3. The number of fused-ring (bicyclic) bond motifs is 1. The molecule has 2 atom stereocenters. The van der Waals surface area contributed by atoms with Crippen LogP contribution < -0.4 is 10.5 Å². The molecule has 0 radical (unpaired) electrons. The molecule has 0 saturated heterocycles. The Balaban J connectivity index is 1.75. The van der Waals surface area contributed by atoms with Gasteiger partial charge in [0.15, 0.2) is 5.82 Å². The van der Waals surface area contributed by atoms with Gasteiger partial charge >= 0.3 is 0 Å². The number of aromatic nitrogens is 2. The van der Waals surface area contributed by atoms with Crippen molar-refractivity contribution in [1.29, 1.82) is 0 Å². The number of nitrogens with zero attached hydrogens (tertiary/aromatic N) is 2. The lowest BCUT2D eigenvalue weighted by molar-refractivity contribution is 0.253. The summed E-state index contributed by atoms with van der Waals surface area (Å²) in [6, 6.07) is 8.10. The second kappa shape index (κ2) is 6.26. The summed E-state index contributed by atoms with van der Waals surface area (Å²) in [5, 5.41) is 4.14. The maximum atomic E-state index is 5.79. The van der Waals surface area contributed by atoms with Crippen molar-refractivity contribution in [2.45, 2.75) is 38.0 Å². The Hall–Kier alpha value is -1.88. The highest BCUT2D eigenvalue weighted by Gasteiger charge is 2.26. The highest BCUT2D eigenvalue weighted by molar-refractivity contribution is 5.36. The molecule has 0 saturated carbocycles. The van der Waals surface area contributed by atoms with Gasteiger partial charge < -0.3 is 15.0 Å². The second-order valence-electron chi connectivity index (χ2n) is 5.53. The van der Waals surface area contributed by atoms with Crippen LogP contribution in [0.2, 0.25) is 0 Å². The molecule has 5 heteroatoms. The predicted octanol–water partition coefficient (Wildman–Crippen LogP) is 2.63. The van der Waals surface area contributed by atoms with Gasteiger partial charge in [-0.3, -0.25) is 0 Å². The van der Waals surface area contributed by atoms with Gasteiger partial charge in [0.05, 0.1) is 18.4 Å². The van der Waals surface area contributed by atoms with E-state index in [1.165, 1.54) is 5.56 Å². The molecule has 5 nitrogen and oxygen atoms in total. The van der Waals surface area contributed by atoms with Crippen LogP contribution in [0.1, 0.15) is 48.9 Å². The number of nitrogens with two attached hydrogens (primary N) is 1. The minimum Gasteiger partial charge on any atom is -0.493 e. The monoisotopic (exact) mass is 287 g/mol. The van der Waals surface area contributed by atoms with Gasteiger partial charge in [0.25, 0.3) is 0 Å². The smallest absolute Gasteiger partial charge is 0.231 e. The molecule has 2 heterocycles. The number of hydrogen-bond acceptors (Lipinski definition) is 5. The number of benzene rings is 1. The van der Waals surface area contributed by atoms with Crippen LogP contribution in [0.25, 0.3) is 0 Å². The summed E-state index contributed by atoms with van der Waals surface area (Å²) in [5.41, 5.74) is 6.99. The van der Waals surface area contributed by atoms with Crippen LogP contribution in [-0.4, -0.2) is 23.3 Å². The van der Waals surface area contributed by atoms with Gasteiger partial charge in [0, 0.05) is 6.54 Å². The average Bonchev–Trinajstić information content (AvgIpc) is 3.02. The summed E-state index contributed by atoms with van der Waals surface area (Å²) in [6.07, 6.45) is 2.91. The lowest BCUT2D eigenvalue weighted by Crippen LogP contribution is -2.20. The van der Waals surface area contributed by atoms with E-state index >= 15 is 0 Å². The Bertz CT molecular complexity index is 597. The van der Waals surface area contributed by atoms with Crippen molar-refractivity contribution in [2.24, 2.45) is 5.73 Å². The molecule has 0 amide bonds. The number of rotatable bonds is 5. The largest absolute Gasteiger partial charge is 0.493 e. The van der Waals surface area contributed by atoms with Crippen molar-refractivity contribution < 1.29 is 9.26 Å². The first-order chi connectivity index (χ1) is 10.3. The molecule has 1 aromatic carbocycles. The number of hydrogen-bond donors (Lipinski definition) is 1. The van der Waals surface area contributed by atoms with Gasteiger partial charge in [-0.2, -0.15) is 4.98 Å². The van der Waals surface area contributed by atoms with Crippen LogP contribution in [0.3, 0.4) is 0 Å². The molecule has 0 fully saturated rings. The van der Waals surface area contributed by atoms with Crippen LogP contribution in [0.4, 0.5) is 0 Å². The minimum absolute atomic E-state index is 0.150. The molecule has 21 heavy (non-hydrogen) atoms. The Morgan fingerprint density at radius 2 is 2.24 bits per heavy atom. The third-order valence-electron chi connectivity index (χ3n) is 3.97. The topological polar surface area (TPSA) is 74.2 Å². The molecule has 2 aromatic rings. The van der Waals surface area contributed by atoms with Crippen LogP contribution in [-0.2, 0) is 6.42 Å². The van der Waals surface area contributed by atoms with Gasteiger partial charge in [-0.15, -0.1) is 0 Å². The average molecular weight is 287 g/mol. The number of para-hydroxylation sites is 1. The van der Waals surface area contributed by atoms with E-state index in [-0.39, 0.29) is 11.8 Å². The zero-order chi connectivity index (χ0) is 14.7. The molecule has 3 rings (SSSR count). The normalized spacial score (nSPS) is 18.9. The van der Waals surface area contributed by atoms with Gasteiger partial charge in [-0.25, -0.2) is 0 Å². The van der Waals surface area contributed by atoms with Crippen LogP contribution in [0, 0.1) is 0 Å². The van der Waals surface area contributed by atoms with E-state index in [1.807, 2.05) is 18.2 Å². The van der Waals surface area contributed by atoms with Gasteiger partial charge in [0.1, 0.15) is 5.75 Å². The van der Waals surface area contributed by atoms with Crippen LogP contribution >= 0.6 is 0 Å².